The molecule has 5 nitrogen and oxygen atoms in total. The Morgan fingerprint density at radius 2 is 2.00 bits per heavy atom. The van der Waals surface area contributed by atoms with Crippen LogP contribution in [0.15, 0.2) is 30.9 Å². The van der Waals surface area contributed by atoms with Gasteiger partial charge in [-0.15, -0.1) is 19.0 Å². The standard InChI is InChI=1S/C11H13NO4.ClH/c1-2-11(12,10(15)16)6-7-3-4-8(13)9(14)5-7;/h2-5,13-14H,1,6,12H2,(H,15,16);1H. The summed E-state index contributed by atoms with van der Waals surface area (Å²) in [5.74, 6) is -1.77. The third-order valence-corrected chi connectivity index (χ3v) is 2.30. The van der Waals surface area contributed by atoms with Crippen molar-refractivity contribution in [1.29, 1.82) is 0 Å². The fourth-order valence-electron chi connectivity index (χ4n) is 1.25. The third kappa shape index (κ3) is 3.37. The zero-order valence-electron chi connectivity index (χ0n) is 8.96. The SMILES string of the molecule is C=CC(N)(Cc1ccc(O)c(O)c1)C(=O)O.Cl. The fraction of sp³-hybridized carbons (Fsp3) is 0.182. The van der Waals surface area contributed by atoms with E-state index >= 15 is 0 Å². The number of halogens is 1. The Kier molecular flexibility index (Phi) is 5.00. The van der Waals surface area contributed by atoms with Gasteiger partial charge in [0.25, 0.3) is 0 Å². The molecule has 0 aliphatic heterocycles. The number of aliphatic carboxylic acids is 1. The van der Waals surface area contributed by atoms with Gasteiger partial charge in [0, 0.05) is 6.42 Å². The van der Waals surface area contributed by atoms with E-state index in [1.807, 2.05) is 0 Å². The molecule has 5 N–H and O–H groups in total. The highest BCUT2D eigenvalue weighted by Crippen LogP contribution is 2.26. The van der Waals surface area contributed by atoms with Gasteiger partial charge >= 0.3 is 5.97 Å². The monoisotopic (exact) mass is 259 g/mol. The van der Waals surface area contributed by atoms with Crippen molar-refractivity contribution in [1.82, 2.24) is 0 Å². The van der Waals surface area contributed by atoms with Crippen molar-refractivity contribution in [3.8, 4) is 11.5 Å². The Morgan fingerprint density at radius 1 is 1.41 bits per heavy atom. The van der Waals surface area contributed by atoms with E-state index in [4.69, 9.17) is 15.9 Å². The molecular formula is C11H14ClNO4. The van der Waals surface area contributed by atoms with E-state index < -0.39 is 11.5 Å². The van der Waals surface area contributed by atoms with Gasteiger partial charge in [-0.3, -0.25) is 0 Å². The van der Waals surface area contributed by atoms with E-state index in [0.29, 0.717) is 5.56 Å². The summed E-state index contributed by atoms with van der Waals surface area (Å²) in [6.45, 7) is 3.37. The fourth-order valence-corrected chi connectivity index (χ4v) is 1.25. The average Bonchev–Trinajstić information content (AvgIpc) is 2.23. The van der Waals surface area contributed by atoms with Gasteiger partial charge in [-0.2, -0.15) is 0 Å². The summed E-state index contributed by atoms with van der Waals surface area (Å²) < 4.78 is 0. The van der Waals surface area contributed by atoms with Crippen LogP contribution >= 0.6 is 12.4 Å². The maximum atomic E-state index is 10.9. The normalized spacial score (nSPS) is 13.2. The number of hydrogen-bond acceptors (Lipinski definition) is 4. The molecule has 94 valence electrons. The van der Waals surface area contributed by atoms with Crippen molar-refractivity contribution in [2.24, 2.45) is 5.73 Å². The first-order valence-electron chi connectivity index (χ1n) is 4.56. The van der Waals surface area contributed by atoms with Gasteiger partial charge in [0.1, 0.15) is 5.54 Å². The number of rotatable bonds is 4. The Hall–Kier alpha value is -1.72. The van der Waals surface area contributed by atoms with E-state index in [0.717, 1.165) is 6.08 Å². The Balaban J connectivity index is 0.00000256. The lowest BCUT2D eigenvalue weighted by Gasteiger charge is -2.20. The summed E-state index contributed by atoms with van der Waals surface area (Å²) in [7, 11) is 0. The molecule has 1 atom stereocenters. The van der Waals surface area contributed by atoms with Crippen molar-refractivity contribution in [2.45, 2.75) is 12.0 Å². The van der Waals surface area contributed by atoms with Gasteiger partial charge in [-0.05, 0) is 17.7 Å². The molecule has 1 aromatic carbocycles. The lowest BCUT2D eigenvalue weighted by molar-refractivity contribution is -0.141. The second-order valence-corrected chi connectivity index (χ2v) is 3.55. The van der Waals surface area contributed by atoms with Gasteiger partial charge in [-0.1, -0.05) is 12.1 Å². The molecule has 0 saturated carbocycles. The average molecular weight is 260 g/mol. The molecule has 0 saturated heterocycles. The lowest BCUT2D eigenvalue weighted by Crippen LogP contribution is -2.47. The molecule has 1 aromatic rings. The Labute approximate surface area is 105 Å². The van der Waals surface area contributed by atoms with Crippen molar-refractivity contribution >= 4 is 18.4 Å². The predicted octanol–water partition coefficient (Wildman–Crippen LogP) is 1.03. The quantitative estimate of drug-likeness (QED) is 0.478. The molecule has 0 heterocycles. The first kappa shape index (κ1) is 15.3. The van der Waals surface area contributed by atoms with E-state index in [1.54, 1.807) is 0 Å². The van der Waals surface area contributed by atoms with E-state index in [-0.39, 0.29) is 30.3 Å². The van der Waals surface area contributed by atoms with Crippen LogP contribution in [0.5, 0.6) is 11.5 Å². The molecule has 1 rings (SSSR count). The third-order valence-electron chi connectivity index (χ3n) is 2.30. The van der Waals surface area contributed by atoms with E-state index in [2.05, 4.69) is 6.58 Å². The first-order chi connectivity index (χ1) is 7.39. The summed E-state index contributed by atoms with van der Waals surface area (Å²) in [6, 6.07) is 4.03. The van der Waals surface area contributed by atoms with Gasteiger partial charge < -0.3 is 21.1 Å². The largest absolute Gasteiger partial charge is 0.504 e. The Bertz CT molecular complexity index is 435. The molecule has 0 aliphatic rings. The van der Waals surface area contributed by atoms with Crippen molar-refractivity contribution in [3.63, 3.8) is 0 Å². The van der Waals surface area contributed by atoms with E-state index in [9.17, 15) is 9.90 Å². The summed E-state index contributed by atoms with van der Waals surface area (Å²) in [4.78, 5) is 10.9. The number of benzene rings is 1. The smallest absolute Gasteiger partial charge is 0.328 e. The first-order valence-corrected chi connectivity index (χ1v) is 4.56. The summed E-state index contributed by atoms with van der Waals surface area (Å²) in [5.41, 5.74) is 4.52. The van der Waals surface area contributed by atoms with Crippen molar-refractivity contribution in [2.75, 3.05) is 0 Å². The zero-order chi connectivity index (χ0) is 12.3. The molecule has 0 amide bonds. The second-order valence-electron chi connectivity index (χ2n) is 3.55. The van der Waals surface area contributed by atoms with Crippen LogP contribution in [0.1, 0.15) is 5.56 Å². The zero-order valence-corrected chi connectivity index (χ0v) is 9.78. The molecule has 0 radical (unpaired) electrons. The van der Waals surface area contributed by atoms with Gasteiger partial charge in [0.15, 0.2) is 11.5 Å². The summed E-state index contributed by atoms with van der Waals surface area (Å²) in [6.07, 6.45) is 1.12. The minimum Gasteiger partial charge on any atom is -0.504 e. The maximum Gasteiger partial charge on any atom is 0.328 e. The molecule has 0 aromatic heterocycles. The van der Waals surface area contributed by atoms with Gasteiger partial charge in [-0.25, -0.2) is 4.79 Å². The van der Waals surface area contributed by atoms with Crippen LogP contribution in [0, 0.1) is 0 Å². The van der Waals surface area contributed by atoms with Crippen LogP contribution < -0.4 is 5.73 Å². The minimum atomic E-state index is -1.58. The van der Waals surface area contributed by atoms with E-state index in [1.165, 1.54) is 18.2 Å². The van der Waals surface area contributed by atoms with Gasteiger partial charge in [0.05, 0.1) is 0 Å². The van der Waals surface area contributed by atoms with Crippen molar-refractivity contribution in [3.05, 3.63) is 36.4 Å². The molecule has 6 heteroatoms. The molecule has 1 unspecified atom stereocenters. The van der Waals surface area contributed by atoms with Crippen LogP contribution in [0.3, 0.4) is 0 Å². The highest BCUT2D eigenvalue weighted by Gasteiger charge is 2.30. The molecule has 0 aliphatic carbocycles. The number of aromatic hydroxyl groups is 2. The number of hydrogen-bond donors (Lipinski definition) is 4. The lowest BCUT2D eigenvalue weighted by atomic mass is 9.92. The number of phenolic OH excluding ortho intramolecular Hbond substituents is 2. The highest BCUT2D eigenvalue weighted by molar-refractivity contribution is 5.85. The molecule has 0 fully saturated rings. The molecular weight excluding hydrogens is 246 g/mol. The van der Waals surface area contributed by atoms with Crippen LogP contribution in [0.25, 0.3) is 0 Å². The van der Waals surface area contributed by atoms with Crippen LogP contribution in [-0.2, 0) is 11.2 Å². The number of carboxylic acid groups (broad SMARTS) is 1. The highest BCUT2D eigenvalue weighted by atomic mass is 35.5. The number of nitrogens with two attached hydrogens (primary N) is 1. The number of carboxylic acids is 1. The summed E-state index contributed by atoms with van der Waals surface area (Å²) in [5, 5.41) is 27.2. The second kappa shape index (κ2) is 5.56. The topological polar surface area (TPSA) is 104 Å². The van der Waals surface area contributed by atoms with Gasteiger partial charge in [0.2, 0.25) is 0 Å². The Morgan fingerprint density at radius 3 is 2.41 bits per heavy atom. The van der Waals surface area contributed by atoms with Crippen LogP contribution in [0.4, 0.5) is 0 Å². The number of carbonyl (C=O) groups is 1. The van der Waals surface area contributed by atoms with Crippen molar-refractivity contribution < 1.29 is 20.1 Å². The maximum absolute atomic E-state index is 10.9. The van der Waals surface area contributed by atoms with Crippen LogP contribution in [0.2, 0.25) is 0 Å². The molecule has 0 spiro atoms. The predicted molar refractivity (Wildman–Crippen MR) is 65.5 cm³/mol. The van der Waals surface area contributed by atoms with Crippen LogP contribution in [-0.4, -0.2) is 26.8 Å². The molecule has 17 heavy (non-hydrogen) atoms. The number of phenols is 2. The molecule has 0 bridgehead atoms. The minimum absolute atomic E-state index is 0. The summed E-state index contributed by atoms with van der Waals surface area (Å²) >= 11 is 0.